The third-order valence-corrected chi connectivity index (χ3v) is 2.98. The Balaban J connectivity index is 2.86. The molecule has 6 nitrogen and oxygen atoms in total. The summed E-state index contributed by atoms with van der Waals surface area (Å²) in [7, 11) is 4.75. The highest BCUT2D eigenvalue weighted by Crippen LogP contribution is 2.23. The van der Waals surface area contributed by atoms with E-state index in [0.717, 1.165) is 10.5 Å². The van der Waals surface area contributed by atoms with Crippen LogP contribution in [0, 0.1) is 0 Å². The van der Waals surface area contributed by atoms with Gasteiger partial charge in [0, 0.05) is 7.11 Å². The number of rotatable bonds is 9. The summed E-state index contributed by atoms with van der Waals surface area (Å²) in [5.41, 5.74) is 0.888. The summed E-state index contributed by atoms with van der Waals surface area (Å²) in [6.07, 6.45) is 0. The highest BCUT2D eigenvalue weighted by atomic mass is 16.5. The first kappa shape index (κ1) is 16.3. The van der Waals surface area contributed by atoms with Crippen molar-refractivity contribution in [2.45, 2.75) is 6.54 Å². The van der Waals surface area contributed by atoms with E-state index in [1.165, 1.54) is 0 Å². The number of aliphatic carboxylic acids is 1. The lowest BCUT2D eigenvalue weighted by molar-refractivity contribution is -0.908. The maximum absolute atomic E-state index is 10.8. The molecule has 0 amide bonds. The first-order valence-corrected chi connectivity index (χ1v) is 6.34. The van der Waals surface area contributed by atoms with Crippen LogP contribution in [0.15, 0.2) is 18.2 Å². The Kier molecular flexibility index (Phi) is 6.83. The van der Waals surface area contributed by atoms with E-state index in [2.05, 4.69) is 0 Å². The molecule has 0 spiro atoms. The molecule has 0 aliphatic carbocycles. The van der Waals surface area contributed by atoms with Crippen molar-refractivity contribution < 1.29 is 29.0 Å². The van der Waals surface area contributed by atoms with E-state index >= 15 is 0 Å². The number of carbonyl (C=O) groups is 1. The van der Waals surface area contributed by atoms with Gasteiger partial charge in [-0.2, -0.15) is 0 Å². The second-order valence-corrected chi connectivity index (χ2v) is 4.40. The molecule has 0 bridgehead atoms. The second-order valence-electron chi connectivity index (χ2n) is 4.40. The van der Waals surface area contributed by atoms with Crippen molar-refractivity contribution in [2.24, 2.45) is 0 Å². The number of hydrogen-bond acceptors (Lipinski definition) is 5. The molecule has 0 aromatic heterocycles. The Labute approximate surface area is 118 Å². The van der Waals surface area contributed by atoms with Crippen LogP contribution in [0.4, 0.5) is 0 Å². The Morgan fingerprint density at radius 1 is 1.25 bits per heavy atom. The zero-order chi connectivity index (χ0) is 15.0. The molecule has 1 unspecified atom stereocenters. The number of carboxylic acid groups (broad SMARTS) is 1. The number of ether oxygens (including phenoxy) is 3. The lowest BCUT2D eigenvalue weighted by Gasteiger charge is -2.21. The summed E-state index contributed by atoms with van der Waals surface area (Å²) in [5, 5.41) is 10.8. The van der Waals surface area contributed by atoms with Gasteiger partial charge in [-0.05, 0) is 18.2 Å². The molecule has 1 N–H and O–H groups in total. The molecule has 1 rings (SSSR count). The average Bonchev–Trinajstić information content (AvgIpc) is 2.44. The Hall–Kier alpha value is -1.79. The van der Waals surface area contributed by atoms with Gasteiger partial charge in [0.05, 0.1) is 32.4 Å². The first-order chi connectivity index (χ1) is 9.60. The summed E-state index contributed by atoms with van der Waals surface area (Å²) in [6, 6.07) is 5.46. The number of quaternary nitrogens is 1. The number of nitrogens with one attached hydrogen (secondary N) is 1. The quantitative estimate of drug-likeness (QED) is 0.596. The van der Waals surface area contributed by atoms with Gasteiger partial charge in [0.1, 0.15) is 31.1 Å². The molecule has 20 heavy (non-hydrogen) atoms. The van der Waals surface area contributed by atoms with Gasteiger partial charge in [0.25, 0.3) is 0 Å². The minimum atomic E-state index is -1.09. The number of hydrogen-bond donors (Lipinski definition) is 1. The summed E-state index contributed by atoms with van der Waals surface area (Å²) < 4.78 is 15.5. The molecule has 1 aromatic rings. The van der Waals surface area contributed by atoms with Crippen LogP contribution in [0.3, 0.4) is 0 Å². The van der Waals surface area contributed by atoms with Crippen molar-refractivity contribution in [1.82, 2.24) is 0 Å². The van der Waals surface area contributed by atoms with Gasteiger partial charge in [-0.15, -0.1) is 0 Å². The maximum Gasteiger partial charge on any atom is 0.127 e. The van der Waals surface area contributed by atoms with Crippen LogP contribution in [0.5, 0.6) is 11.5 Å². The summed E-state index contributed by atoms with van der Waals surface area (Å²) in [6.45, 7) is 1.47. The highest BCUT2D eigenvalue weighted by Gasteiger charge is 2.14. The Morgan fingerprint density at radius 2 is 2.00 bits per heavy atom. The van der Waals surface area contributed by atoms with Crippen molar-refractivity contribution in [3.05, 3.63) is 23.8 Å². The summed E-state index contributed by atoms with van der Waals surface area (Å²) in [4.78, 5) is 11.6. The molecule has 1 aromatic carbocycles. The minimum absolute atomic E-state index is 0.0796. The molecule has 112 valence electrons. The predicted molar refractivity (Wildman–Crippen MR) is 70.8 cm³/mol. The first-order valence-electron chi connectivity index (χ1n) is 6.34. The molecule has 1 atom stereocenters. The van der Waals surface area contributed by atoms with Crippen molar-refractivity contribution in [1.29, 1.82) is 0 Å². The van der Waals surface area contributed by atoms with Gasteiger partial charge in [-0.25, -0.2) is 0 Å². The molecule has 0 saturated heterocycles. The van der Waals surface area contributed by atoms with Gasteiger partial charge in [0.15, 0.2) is 0 Å². The topological polar surface area (TPSA) is 72.3 Å². The van der Waals surface area contributed by atoms with Crippen molar-refractivity contribution >= 4 is 5.97 Å². The SMILES string of the molecule is COCC[NH+](CC(=O)[O-])Cc1cc(OC)ccc1OC. The molecular weight excluding hydrogens is 262 g/mol. The number of carbonyl (C=O) groups excluding carboxylic acids is 1. The van der Waals surface area contributed by atoms with Crippen molar-refractivity contribution in [3.63, 3.8) is 0 Å². The van der Waals surface area contributed by atoms with E-state index in [9.17, 15) is 9.90 Å². The van der Waals surface area contributed by atoms with E-state index in [4.69, 9.17) is 14.2 Å². The van der Waals surface area contributed by atoms with Crippen LogP contribution >= 0.6 is 0 Å². The molecule has 0 saturated carbocycles. The molecular formula is C14H21NO5. The number of carboxylic acids is 1. The van der Waals surface area contributed by atoms with E-state index in [0.29, 0.717) is 31.2 Å². The monoisotopic (exact) mass is 283 g/mol. The van der Waals surface area contributed by atoms with Gasteiger partial charge < -0.3 is 29.0 Å². The van der Waals surface area contributed by atoms with Gasteiger partial charge in [-0.3, -0.25) is 0 Å². The molecule has 0 radical (unpaired) electrons. The van der Waals surface area contributed by atoms with Gasteiger partial charge in [-0.1, -0.05) is 0 Å². The van der Waals surface area contributed by atoms with Crippen molar-refractivity contribution in [2.75, 3.05) is 41.0 Å². The summed E-state index contributed by atoms with van der Waals surface area (Å²) >= 11 is 0. The largest absolute Gasteiger partial charge is 0.544 e. The van der Waals surface area contributed by atoms with Gasteiger partial charge in [0.2, 0.25) is 0 Å². The fourth-order valence-corrected chi connectivity index (χ4v) is 1.98. The lowest BCUT2D eigenvalue weighted by Crippen LogP contribution is -3.12. The molecule has 0 fully saturated rings. The standard InChI is InChI=1S/C14H21NO5/c1-18-7-6-15(10-14(16)17)9-11-8-12(19-2)4-5-13(11)20-3/h4-5,8H,6-7,9-10H2,1-3H3,(H,16,17). The zero-order valence-corrected chi connectivity index (χ0v) is 12.1. The average molecular weight is 283 g/mol. The molecule has 6 heteroatoms. The van der Waals surface area contributed by atoms with Crippen LogP contribution in [0.2, 0.25) is 0 Å². The van der Waals surface area contributed by atoms with E-state index in [1.54, 1.807) is 33.5 Å². The predicted octanol–water partition coefficient (Wildman–Crippen LogP) is -1.51. The maximum atomic E-state index is 10.8. The third kappa shape index (κ3) is 5.07. The number of benzene rings is 1. The molecule has 0 aliphatic heterocycles. The summed E-state index contributed by atoms with van der Waals surface area (Å²) in [5.74, 6) is 0.331. The zero-order valence-electron chi connectivity index (χ0n) is 12.1. The highest BCUT2D eigenvalue weighted by molar-refractivity contribution is 5.65. The van der Waals surface area contributed by atoms with E-state index < -0.39 is 5.97 Å². The Bertz CT molecular complexity index is 436. The molecule has 0 heterocycles. The fourth-order valence-electron chi connectivity index (χ4n) is 1.98. The lowest BCUT2D eigenvalue weighted by atomic mass is 10.1. The normalized spacial score (nSPS) is 11.9. The third-order valence-electron chi connectivity index (χ3n) is 2.98. The van der Waals surface area contributed by atoms with Crippen molar-refractivity contribution in [3.8, 4) is 11.5 Å². The van der Waals surface area contributed by atoms with Crippen LogP contribution in [-0.4, -0.2) is 47.0 Å². The minimum Gasteiger partial charge on any atom is -0.544 e. The Morgan fingerprint density at radius 3 is 2.55 bits per heavy atom. The fraction of sp³-hybridized carbons (Fsp3) is 0.500. The van der Waals surface area contributed by atoms with Crippen LogP contribution in [0.1, 0.15) is 5.56 Å². The van der Waals surface area contributed by atoms with Gasteiger partial charge >= 0.3 is 0 Å². The van der Waals surface area contributed by atoms with Crippen LogP contribution in [0.25, 0.3) is 0 Å². The van der Waals surface area contributed by atoms with Crippen LogP contribution in [-0.2, 0) is 16.1 Å². The second kappa shape index (κ2) is 8.39. The van der Waals surface area contributed by atoms with E-state index in [-0.39, 0.29) is 6.54 Å². The smallest absolute Gasteiger partial charge is 0.127 e. The van der Waals surface area contributed by atoms with E-state index in [1.807, 2.05) is 6.07 Å². The molecule has 0 aliphatic rings. The van der Waals surface area contributed by atoms with Crippen LogP contribution < -0.4 is 19.5 Å². The number of methoxy groups -OCH3 is 3.